The summed E-state index contributed by atoms with van der Waals surface area (Å²) in [6.07, 6.45) is 0.687. The summed E-state index contributed by atoms with van der Waals surface area (Å²) in [6.45, 7) is 0.936. The monoisotopic (exact) mass is 413 g/mol. The van der Waals surface area contributed by atoms with Crippen LogP contribution in [-0.4, -0.2) is 62.6 Å². The van der Waals surface area contributed by atoms with Crippen molar-refractivity contribution in [1.82, 2.24) is 24.6 Å². The summed E-state index contributed by atoms with van der Waals surface area (Å²) in [6, 6.07) is -0.0660. The van der Waals surface area contributed by atoms with Gasteiger partial charge in [-0.2, -0.15) is 11.3 Å². The summed E-state index contributed by atoms with van der Waals surface area (Å²) >= 11 is 4.83. The van der Waals surface area contributed by atoms with Crippen molar-refractivity contribution in [2.24, 2.45) is 7.05 Å². The van der Waals surface area contributed by atoms with Crippen LogP contribution in [0.4, 0.5) is 0 Å². The molecule has 24 heavy (non-hydrogen) atoms. The van der Waals surface area contributed by atoms with Crippen molar-refractivity contribution >= 4 is 39.1 Å². The van der Waals surface area contributed by atoms with Gasteiger partial charge >= 0.3 is 5.69 Å². The number of likely N-dealkylation sites (N-methyl/N-ethyl adjacent to an activating group) is 1. The Morgan fingerprint density at radius 1 is 1.46 bits per heavy atom. The number of likely N-dealkylation sites (tertiary alicyclic amines) is 1. The van der Waals surface area contributed by atoms with E-state index in [0.29, 0.717) is 25.1 Å². The second kappa shape index (κ2) is 6.52. The van der Waals surface area contributed by atoms with Gasteiger partial charge in [-0.15, -0.1) is 5.10 Å². The minimum absolute atomic E-state index is 0.0257. The molecule has 128 valence electrons. The van der Waals surface area contributed by atoms with Gasteiger partial charge in [0.05, 0.1) is 11.6 Å². The van der Waals surface area contributed by atoms with Crippen LogP contribution in [0.25, 0.3) is 0 Å². The number of thiophene rings is 1. The molecule has 0 aliphatic carbocycles. The Balaban J connectivity index is 1.68. The van der Waals surface area contributed by atoms with Gasteiger partial charge in [0, 0.05) is 42.4 Å². The zero-order chi connectivity index (χ0) is 17.4. The van der Waals surface area contributed by atoms with Crippen LogP contribution in [0.2, 0.25) is 0 Å². The van der Waals surface area contributed by atoms with Gasteiger partial charge < -0.3 is 9.80 Å². The van der Waals surface area contributed by atoms with Gasteiger partial charge in [-0.25, -0.2) is 9.48 Å². The van der Waals surface area contributed by atoms with Crippen molar-refractivity contribution in [2.45, 2.75) is 12.5 Å². The number of rotatable bonds is 3. The molecule has 0 aromatic carbocycles. The third-order valence-electron chi connectivity index (χ3n) is 4.14. The van der Waals surface area contributed by atoms with Crippen LogP contribution in [-0.2, 0) is 7.05 Å². The number of H-pyrrole nitrogens is 1. The number of aryl methyl sites for hydroxylation is 1. The molecule has 1 unspecified atom stereocenters. The molecule has 0 bridgehead atoms. The fourth-order valence-electron chi connectivity index (χ4n) is 2.68. The number of nitrogens with zero attached hydrogens (tertiary/aromatic N) is 4. The molecule has 3 rings (SSSR count). The van der Waals surface area contributed by atoms with Crippen LogP contribution in [0.3, 0.4) is 0 Å². The van der Waals surface area contributed by atoms with Crippen molar-refractivity contribution in [1.29, 1.82) is 0 Å². The van der Waals surface area contributed by atoms with Crippen LogP contribution >= 0.6 is 27.3 Å². The quantitative estimate of drug-likeness (QED) is 0.809. The summed E-state index contributed by atoms with van der Waals surface area (Å²) in [7, 11) is 3.22. The Hall–Kier alpha value is -1.94. The molecule has 8 nitrogen and oxygen atoms in total. The van der Waals surface area contributed by atoms with E-state index >= 15 is 0 Å². The van der Waals surface area contributed by atoms with Crippen molar-refractivity contribution in [3.05, 3.63) is 37.1 Å². The average Bonchev–Trinajstić information content (AvgIpc) is 3.27. The molecular weight excluding hydrogens is 398 g/mol. The molecule has 2 amide bonds. The first-order valence-electron chi connectivity index (χ1n) is 7.30. The maximum Gasteiger partial charge on any atom is 0.343 e. The van der Waals surface area contributed by atoms with Gasteiger partial charge in [-0.3, -0.25) is 14.6 Å². The topological polar surface area (TPSA) is 91.3 Å². The van der Waals surface area contributed by atoms with E-state index in [1.165, 1.54) is 18.4 Å². The largest absolute Gasteiger partial charge is 0.343 e. The predicted octanol–water partition coefficient (Wildman–Crippen LogP) is 0.919. The highest BCUT2D eigenvalue weighted by Crippen LogP contribution is 2.25. The van der Waals surface area contributed by atoms with E-state index in [0.717, 1.165) is 9.15 Å². The Bertz CT molecular complexity index is 842. The number of carbonyl (C=O) groups excluding carboxylic acids is 2. The molecule has 1 atom stereocenters. The highest BCUT2D eigenvalue weighted by molar-refractivity contribution is 9.10. The SMILES string of the molecule is CN(C(=O)c1cscc1Br)C1CCN(C(=O)c2nn(C)c(=O)[nH]2)C1. The zero-order valence-electron chi connectivity index (χ0n) is 13.2. The second-order valence-corrected chi connectivity index (χ2v) is 7.24. The number of halogens is 1. The van der Waals surface area contributed by atoms with Crippen molar-refractivity contribution in [3.8, 4) is 0 Å². The molecule has 1 N–H and O–H groups in total. The van der Waals surface area contributed by atoms with Gasteiger partial charge in [0.1, 0.15) is 0 Å². The molecule has 1 aliphatic heterocycles. The lowest BCUT2D eigenvalue weighted by molar-refractivity contribution is 0.0696. The van der Waals surface area contributed by atoms with Crippen molar-refractivity contribution in [2.75, 3.05) is 20.1 Å². The number of aromatic amines is 1. The number of hydrogen-bond donors (Lipinski definition) is 1. The van der Waals surface area contributed by atoms with E-state index < -0.39 is 5.69 Å². The number of nitrogens with one attached hydrogen (secondary N) is 1. The fraction of sp³-hybridized carbons (Fsp3) is 0.429. The number of hydrogen-bond acceptors (Lipinski definition) is 5. The van der Waals surface area contributed by atoms with Gasteiger partial charge in [-0.1, -0.05) is 0 Å². The standard InChI is InChI=1S/C14H16BrN5O3S/c1-18(12(21)9-6-24-7-10(9)15)8-3-4-20(5-8)13(22)11-16-14(23)19(2)17-11/h6-8H,3-5H2,1-2H3,(H,16,17,23). The van der Waals surface area contributed by atoms with E-state index in [1.54, 1.807) is 22.2 Å². The van der Waals surface area contributed by atoms with E-state index in [1.807, 2.05) is 5.38 Å². The van der Waals surface area contributed by atoms with Gasteiger partial charge in [0.25, 0.3) is 11.8 Å². The molecular formula is C14H16BrN5O3S. The van der Waals surface area contributed by atoms with E-state index in [9.17, 15) is 14.4 Å². The van der Waals surface area contributed by atoms with Crippen LogP contribution in [0, 0.1) is 0 Å². The van der Waals surface area contributed by atoms with Gasteiger partial charge in [-0.05, 0) is 22.4 Å². The summed E-state index contributed by atoms with van der Waals surface area (Å²) in [5, 5.41) is 7.55. The normalized spacial score (nSPS) is 17.3. The molecule has 10 heteroatoms. The Morgan fingerprint density at radius 2 is 2.21 bits per heavy atom. The molecule has 2 aromatic heterocycles. The summed E-state index contributed by atoms with van der Waals surface area (Å²) < 4.78 is 1.87. The van der Waals surface area contributed by atoms with Crippen LogP contribution < -0.4 is 5.69 Å². The highest BCUT2D eigenvalue weighted by Gasteiger charge is 2.33. The fourth-order valence-corrected chi connectivity index (χ4v) is 4.12. The van der Waals surface area contributed by atoms with Gasteiger partial charge in [0.2, 0.25) is 5.82 Å². The van der Waals surface area contributed by atoms with Crippen LogP contribution in [0.5, 0.6) is 0 Å². The highest BCUT2D eigenvalue weighted by atomic mass is 79.9. The molecule has 1 saturated heterocycles. The minimum atomic E-state index is -0.427. The summed E-state index contributed by atoms with van der Waals surface area (Å²) in [5.41, 5.74) is 0.199. The lowest BCUT2D eigenvalue weighted by atomic mass is 10.2. The summed E-state index contributed by atoms with van der Waals surface area (Å²) in [4.78, 5) is 42.1. The van der Waals surface area contributed by atoms with E-state index in [-0.39, 0.29) is 23.7 Å². The van der Waals surface area contributed by atoms with Gasteiger partial charge in [0.15, 0.2) is 0 Å². The van der Waals surface area contributed by atoms with Crippen LogP contribution in [0.15, 0.2) is 20.0 Å². The lowest BCUT2D eigenvalue weighted by Gasteiger charge is -2.24. The third-order valence-corrected chi connectivity index (χ3v) is 5.84. The smallest absolute Gasteiger partial charge is 0.337 e. The Kier molecular flexibility index (Phi) is 4.59. The first-order valence-corrected chi connectivity index (χ1v) is 9.03. The molecule has 1 aliphatic rings. The number of carbonyl (C=O) groups is 2. The Morgan fingerprint density at radius 3 is 2.79 bits per heavy atom. The molecule has 0 saturated carbocycles. The first kappa shape index (κ1) is 16.9. The summed E-state index contributed by atoms with van der Waals surface area (Å²) in [5.74, 6) is -0.376. The molecule has 1 fully saturated rings. The Labute approximate surface area is 150 Å². The number of amides is 2. The third kappa shape index (κ3) is 3.03. The molecule has 3 heterocycles. The first-order chi connectivity index (χ1) is 11.4. The number of aromatic nitrogens is 3. The van der Waals surface area contributed by atoms with E-state index in [4.69, 9.17) is 0 Å². The van der Waals surface area contributed by atoms with Crippen LogP contribution in [0.1, 0.15) is 27.4 Å². The molecule has 0 spiro atoms. The molecule has 0 radical (unpaired) electrons. The second-order valence-electron chi connectivity index (χ2n) is 5.65. The average molecular weight is 414 g/mol. The predicted molar refractivity (Wildman–Crippen MR) is 92.2 cm³/mol. The minimum Gasteiger partial charge on any atom is -0.337 e. The van der Waals surface area contributed by atoms with Crippen molar-refractivity contribution < 1.29 is 9.59 Å². The maximum atomic E-state index is 12.5. The van der Waals surface area contributed by atoms with E-state index in [2.05, 4.69) is 26.0 Å². The molecule has 2 aromatic rings. The maximum absolute atomic E-state index is 12.5. The lowest BCUT2D eigenvalue weighted by Crippen LogP contribution is -2.40. The van der Waals surface area contributed by atoms with Crippen molar-refractivity contribution in [3.63, 3.8) is 0 Å². The zero-order valence-corrected chi connectivity index (χ0v) is 15.6.